The van der Waals surface area contributed by atoms with E-state index in [-0.39, 0.29) is 28.1 Å². The molecule has 1 aromatic heterocycles. The molecular formula is C19H23N3O5S. The van der Waals surface area contributed by atoms with Gasteiger partial charge in [-0.25, -0.2) is 14.8 Å². The molecular weight excluding hydrogens is 382 g/mol. The maximum absolute atomic E-state index is 12.2. The summed E-state index contributed by atoms with van der Waals surface area (Å²) < 4.78 is 10.2. The molecule has 0 radical (unpaired) electrons. The van der Waals surface area contributed by atoms with Gasteiger partial charge in [-0.05, 0) is 23.6 Å². The van der Waals surface area contributed by atoms with Crippen molar-refractivity contribution >= 4 is 29.3 Å². The van der Waals surface area contributed by atoms with Crippen LogP contribution >= 0.6 is 11.8 Å². The number of nitrogens with zero attached hydrogens (tertiary/aromatic N) is 2. The van der Waals surface area contributed by atoms with Gasteiger partial charge < -0.3 is 19.9 Å². The van der Waals surface area contributed by atoms with E-state index in [9.17, 15) is 14.7 Å². The van der Waals surface area contributed by atoms with Crippen LogP contribution in [0.5, 0.6) is 0 Å². The molecule has 0 saturated heterocycles. The second-order valence-electron chi connectivity index (χ2n) is 6.17. The van der Waals surface area contributed by atoms with Crippen LogP contribution in [-0.4, -0.2) is 46.9 Å². The molecule has 1 aromatic carbocycles. The largest absolute Gasteiger partial charge is 0.478 e. The fraction of sp³-hybridized carbons (Fsp3) is 0.368. The molecule has 2 rings (SSSR count). The number of rotatable bonds is 9. The summed E-state index contributed by atoms with van der Waals surface area (Å²) >= 11 is 1.09. The first-order chi connectivity index (χ1) is 13.3. The van der Waals surface area contributed by atoms with E-state index in [4.69, 9.17) is 9.47 Å². The Morgan fingerprint density at radius 1 is 1.18 bits per heavy atom. The van der Waals surface area contributed by atoms with Gasteiger partial charge in [-0.15, -0.1) is 0 Å². The topological polar surface area (TPSA) is 111 Å². The van der Waals surface area contributed by atoms with Gasteiger partial charge in [0.1, 0.15) is 11.3 Å². The first-order valence-corrected chi connectivity index (χ1v) is 9.52. The van der Waals surface area contributed by atoms with Crippen molar-refractivity contribution in [3.8, 4) is 0 Å². The van der Waals surface area contributed by atoms with Crippen LogP contribution in [0.15, 0.2) is 35.6 Å². The molecule has 8 nitrogen and oxygen atoms in total. The maximum Gasteiger partial charge on any atom is 0.339 e. The van der Waals surface area contributed by atoms with Crippen LogP contribution in [0.4, 0.5) is 5.69 Å². The normalized spacial score (nSPS) is 11.1. The number of hydrogen-bond donors (Lipinski definition) is 2. The van der Waals surface area contributed by atoms with Gasteiger partial charge in [0.15, 0.2) is 5.16 Å². The summed E-state index contributed by atoms with van der Waals surface area (Å²) in [5.74, 6) is -0.913. The van der Waals surface area contributed by atoms with Gasteiger partial charge in [0, 0.05) is 26.1 Å². The van der Waals surface area contributed by atoms with E-state index in [2.05, 4.69) is 29.1 Å². The Bertz CT molecular complexity index is 823. The van der Waals surface area contributed by atoms with Crippen molar-refractivity contribution in [2.24, 2.45) is 0 Å². The average Bonchev–Trinajstić information content (AvgIpc) is 2.67. The smallest absolute Gasteiger partial charge is 0.339 e. The highest BCUT2D eigenvalue weighted by atomic mass is 32.2. The van der Waals surface area contributed by atoms with Crippen molar-refractivity contribution < 1.29 is 24.2 Å². The lowest BCUT2D eigenvalue weighted by Crippen LogP contribution is -2.16. The molecule has 2 N–H and O–H groups in total. The quantitative estimate of drug-likeness (QED) is 0.371. The van der Waals surface area contributed by atoms with Gasteiger partial charge in [-0.2, -0.15) is 0 Å². The summed E-state index contributed by atoms with van der Waals surface area (Å²) in [6, 6.07) is 7.66. The number of benzene rings is 1. The van der Waals surface area contributed by atoms with Crippen LogP contribution in [-0.2, 0) is 14.3 Å². The summed E-state index contributed by atoms with van der Waals surface area (Å²) in [7, 11) is 2.76. The zero-order valence-corrected chi connectivity index (χ0v) is 16.9. The van der Waals surface area contributed by atoms with Gasteiger partial charge >= 0.3 is 5.97 Å². The molecule has 9 heteroatoms. The molecule has 28 heavy (non-hydrogen) atoms. The molecule has 0 fully saturated rings. The molecule has 0 aliphatic heterocycles. The lowest BCUT2D eigenvalue weighted by molar-refractivity contribution is -0.113. The van der Waals surface area contributed by atoms with Gasteiger partial charge in [0.25, 0.3) is 0 Å². The third-order valence-electron chi connectivity index (χ3n) is 3.87. The average molecular weight is 405 g/mol. The first kappa shape index (κ1) is 21.8. The van der Waals surface area contributed by atoms with Crippen LogP contribution in [0.2, 0.25) is 0 Å². The number of thioether (sulfide) groups is 1. The zero-order valence-electron chi connectivity index (χ0n) is 16.1. The number of aromatic nitrogens is 2. The van der Waals surface area contributed by atoms with E-state index in [0.717, 1.165) is 11.8 Å². The second kappa shape index (κ2) is 10.2. The fourth-order valence-corrected chi connectivity index (χ4v) is 3.01. The van der Waals surface area contributed by atoms with E-state index in [0.29, 0.717) is 11.6 Å². The second-order valence-corrected chi connectivity index (χ2v) is 7.12. The molecule has 0 bridgehead atoms. The van der Waals surface area contributed by atoms with Gasteiger partial charge in [0.2, 0.25) is 12.2 Å². The van der Waals surface area contributed by atoms with Crippen molar-refractivity contribution in [3.63, 3.8) is 0 Å². The first-order valence-electron chi connectivity index (χ1n) is 8.54. The highest BCUT2D eigenvalue weighted by Gasteiger charge is 2.22. The van der Waals surface area contributed by atoms with Crippen LogP contribution < -0.4 is 5.32 Å². The van der Waals surface area contributed by atoms with Crippen molar-refractivity contribution in [1.82, 2.24) is 9.97 Å². The number of carbonyl (C=O) groups excluding carboxylic acids is 1. The number of amides is 1. The summed E-state index contributed by atoms with van der Waals surface area (Å²) in [5, 5.41) is 12.3. The third-order valence-corrected chi connectivity index (χ3v) is 4.73. The number of carboxylic acids is 1. The summed E-state index contributed by atoms with van der Waals surface area (Å²) in [5.41, 5.74) is 1.88. The monoisotopic (exact) mass is 405 g/mol. The van der Waals surface area contributed by atoms with Crippen molar-refractivity contribution in [1.29, 1.82) is 0 Å². The van der Waals surface area contributed by atoms with E-state index in [1.807, 2.05) is 24.3 Å². The number of anilines is 1. The number of methoxy groups -OCH3 is 2. The van der Waals surface area contributed by atoms with Crippen LogP contribution in [0.1, 0.15) is 47.7 Å². The Labute approximate surface area is 167 Å². The molecule has 1 heterocycles. The highest BCUT2D eigenvalue weighted by Crippen LogP contribution is 2.23. The molecule has 2 aromatic rings. The Morgan fingerprint density at radius 2 is 1.82 bits per heavy atom. The summed E-state index contributed by atoms with van der Waals surface area (Å²) in [4.78, 5) is 31.7. The lowest BCUT2D eigenvalue weighted by atomic mass is 10.0. The molecule has 0 spiro atoms. The minimum absolute atomic E-state index is 0.0718. The van der Waals surface area contributed by atoms with E-state index in [1.54, 1.807) is 0 Å². The van der Waals surface area contributed by atoms with Gasteiger partial charge in [0.05, 0.1) is 5.75 Å². The van der Waals surface area contributed by atoms with Crippen LogP contribution in [0, 0.1) is 0 Å². The van der Waals surface area contributed by atoms with Crippen LogP contribution in [0.3, 0.4) is 0 Å². The fourth-order valence-electron chi connectivity index (χ4n) is 2.39. The van der Waals surface area contributed by atoms with Crippen molar-refractivity contribution in [2.45, 2.75) is 31.2 Å². The van der Waals surface area contributed by atoms with E-state index < -0.39 is 12.3 Å². The molecule has 0 saturated carbocycles. The third kappa shape index (κ3) is 5.75. The predicted molar refractivity (Wildman–Crippen MR) is 106 cm³/mol. The number of nitrogens with one attached hydrogen (secondary N) is 1. The van der Waals surface area contributed by atoms with Crippen molar-refractivity contribution in [3.05, 3.63) is 47.3 Å². The Hall–Kier alpha value is -2.49. The Morgan fingerprint density at radius 3 is 2.36 bits per heavy atom. The van der Waals surface area contributed by atoms with Gasteiger partial charge in [-0.1, -0.05) is 37.7 Å². The lowest BCUT2D eigenvalue weighted by Gasteiger charge is -2.15. The van der Waals surface area contributed by atoms with Gasteiger partial charge in [-0.3, -0.25) is 4.79 Å². The van der Waals surface area contributed by atoms with E-state index in [1.165, 1.54) is 26.0 Å². The minimum atomic E-state index is -1.19. The molecule has 150 valence electrons. The van der Waals surface area contributed by atoms with Crippen molar-refractivity contribution in [2.75, 3.05) is 25.3 Å². The molecule has 0 atom stereocenters. The number of hydrogen-bond acceptors (Lipinski definition) is 7. The predicted octanol–water partition coefficient (Wildman–Crippen LogP) is 3.32. The number of ether oxygens (including phenoxy) is 2. The molecule has 0 aliphatic carbocycles. The SMILES string of the molecule is COC(OC)c1nc(SCC(=O)Nc2ccc(C(C)C)cc2)ncc1C(=O)O. The summed E-state index contributed by atoms with van der Waals surface area (Å²) in [6.07, 6.45) is 0.238. The molecule has 0 aliphatic rings. The molecule has 1 amide bonds. The number of carboxylic acid groups (broad SMARTS) is 1. The standard InChI is InChI=1S/C19H23N3O5S/c1-11(2)12-5-7-13(8-6-12)21-15(23)10-28-19-20-9-14(17(24)25)16(22-19)18(26-3)27-4/h5-9,11,18H,10H2,1-4H3,(H,21,23)(H,24,25). The molecule has 0 unspecified atom stereocenters. The van der Waals surface area contributed by atoms with Crippen LogP contribution in [0.25, 0.3) is 0 Å². The van der Waals surface area contributed by atoms with E-state index >= 15 is 0 Å². The summed E-state index contributed by atoms with van der Waals surface area (Å²) in [6.45, 7) is 4.21. The maximum atomic E-state index is 12.2. The Kier molecular flexibility index (Phi) is 7.91. The Balaban J connectivity index is 2.04. The highest BCUT2D eigenvalue weighted by molar-refractivity contribution is 7.99. The zero-order chi connectivity index (χ0) is 20.7. The number of aromatic carboxylic acids is 1. The number of carbonyl (C=O) groups is 2. The minimum Gasteiger partial charge on any atom is -0.478 e.